The van der Waals surface area contributed by atoms with Gasteiger partial charge in [-0.1, -0.05) is 20.8 Å². The average Bonchev–Trinajstić information content (AvgIpc) is 2.02. The van der Waals surface area contributed by atoms with E-state index in [0.29, 0.717) is 6.42 Å². The molecule has 1 N–H and O–H groups in total. The molecule has 0 heterocycles. The highest BCUT2D eigenvalue weighted by molar-refractivity contribution is 7.47. The summed E-state index contributed by atoms with van der Waals surface area (Å²) in [6.07, 6.45) is 0.712. The molecular formula is C7H17O5P. The van der Waals surface area contributed by atoms with Crippen LogP contribution in [0.2, 0.25) is 0 Å². The summed E-state index contributed by atoms with van der Waals surface area (Å²) in [7, 11) is -4.00. The fraction of sp³-hybridized carbons (Fsp3) is 1.00. The molecule has 0 radical (unpaired) electrons. The monoisotopic (exact) mass is 212 g/mol. The van der Waals surface area contributed by atoms with Gasteiger partial charge in [0, 0.05) is 0 Å². The normalized spacial score (nSPS) is 16.1. The van der Waals surface area contributed by atoms with Gasteiger partial charge in [-0.2, -0.15) is 0 Å². The minimum atomic E-state index is -4.00. The zero-order valence-electron chi connectivity index (χ0n) is 8.23. The molecule has 0 spiro atoms. The largest absolute Gasteiger partial charge is 0.499 e. The van der Waals surface area contributed by atoms with Crippen LogP contribution in [0.4, 0.5) is 0 Å². The number of phosphoric ester groups is 1. The maximum atomic E-state index is 11.0. The van der Waals surface area contributed by atoms with Crippen LogP contribution in [0.25, 0.3) is 0 Å². The molecule has 5 nitrogen and oxygen atoms in total. The molecule has 0 aromatic rings. The standard InChI is InChI=1S/C7H17O5P/c1-4-5-10-12-13(8,9)11-6-7(2)3/h7H,4-6H2,1-3H3,(H,8,9). The van der Waals surface area contributed by atoms with Gasteiger partial charge in [0.15, 0.2) is 0 Å². The summed E-state index contributed by atoms with van der Waals surface area (Å²) < 4.78 is 19.8. The van der Waals surface area contributed by atoms with E-state index in [1.165, 1.54) is 0 Å². The first kappa shape index (κ1) is 13.1. The van der Waals surface area contributed by atoms with Crippen molar-refractivity contribution in [1.29, 1.82) is 0 Å². The highest BCUT2D eigenvalue weighted by Crippen LogP contribution is 2.43. The van der Waals surface area contributed by atoms with E-state index in [0.717, 1.165) is 0 Å². The molecule has 6 heteroatoms. The summed E-state index contributed by atoms with van der Waals surface area (Å²) in [4.78, 5) is 13.4. The first-order valence-corrected chi connectivity index (χ1v) is 5.76. The maximum absolute atomic E-state index is 11.0. The van der Waals surface area contributed by atoms with Gasteiger partial charge >= 0.3 is 7.82 Å². The van der Waals surface area contributed by atoms with Crippen LogP contribution in [-0.4, -0.2) is 18.1 Å². The van der Waals surface area contributed by atoms with E-state index in [-0.39, 0.29) is 19.1 Å². The van der Waals surface area contributed by atoms with Gasteiger partial charge in [0.2, 0.25) is 0 Å². The molecule has 0 bridgehead atoms. The predicted octanol–water partition coefficient (Wildman–Crippen LogP) is 2.12. The van der Waals surface area contributed by atoms with Crippen LogP contribution in [0.5, 0.6) is 0 Å². The smallest absolute Gasteiger partial charge is 0.301 e. The molecule has 0 saturated heterocycles. The molecule has 0 fully saturated rings. The van der Waals surface area contributed by atoms with Crippen LogP contribution in [0.3, 0.4) is 0 Å². The van der Waals surface area contributed by atoms with Crippen LogP contribution in [0.15, 0.2) is 0 Å². The Labute approximate surface area is 78.5 Å². The summed E-state index contributed by atoms with van der Waals surface area (Å²) in [5.74, 6) is 0.176. The Morgan fingerprint density at radius 3 is 2.54 bits per heavy atom. The van der Waals surface area contributed by atoms with E-state index in [2.05, 4.69) is 14.1 Å². The molecule has 1 atom stereocenters. The third-order valence-corrected chi connectivity index (χ3v) is 1.77. The lowest BCUT2D eigenvalue weighted by Crippen LogP contribution is -2.03. The van der Waals surface area contributed by atoms with Crippen LogP contribution in [-0.2, 0) is 18.7 Å². The van der Waals surface area contributed by atoms with Crippen molar-refractivity contribution >= 4 is 7.82 Å². The van der Waals surface area contributed by atoms with E-state index in [1.807, 2.05) is 20.8 Å². The van der Waals surface area contributed by atoms with Crippen LogP contribution < -0.4 is 0 Å². The van der Waals surface area contributed by atoms with Gasteiger partial charge in [0.1, 0.15) is 0 Å². The molecule has 0 aliphatic heterocycles. The molecule has 80 valence electrons. The van der Waals surface area contributed by atoms with Gasteiger partial charge in [0.05, 0.1) is 13.2 Å². The zero-order valence-corrected chi connectivity index (χ0v) is 9.12. The van der Waals surface area contributed by atoms with Gasteiger partial charge < -0.3 is 4.89 Å². The Hall–Kier alpha value is 0.0700. The maximum Gasteiger partial charge on any atom is 0.499 e. The Kier molecular flexibility index (Phi) is 6.55. The van der Waals surface area contributed by atoms with E-state index in [9.17, 15) is 4.57 Å². The first-order chi connectivity index (χ1) is 5.98. The topological polar surface area (TPSA) is 65.0 Å². The fourth-order valence-corrected chi connectivity index (χ4v) is 1.19. The van der Waals surface area contributed by atoms with Gasteiger partial charge in [-0.05, 0) is 12.3 Å². The van der Waals surface area contributed by atoms with E-state index >= 15 is 0 Å². The summed E-state index contributed by atoms with van der Waals surface area (Å²) >= 11 is 0. The number of phosphoric acid groups is 1. The third-order valence-electron chi connectivity index (χ3n) is 1.01. The molecular weight excluding hydrogens is 195 g/mol. The molecule has 0 aliphatic carbocycles. The van der Waals surface area contributed by atoms with Crippen molar-refractivity contribution in [1.82, 2.24) is 0 Å². The van der Waals surface area contributed by atoms with Gasteiger partial charge in [-0.15, -0.1) is 4.67 Å². The first-order valence-electron chi connectivity index (χ1n) is 4.26. The number of hydrogen-bond donors (Lipinski definition) is 1. The fourth-order valence-electron chi connectivity index (χ4n) is 0.452. The van der Waals surface area contributed by atoms with E-state index in [4.69, 9.17) is 4.89 Å². The average molecular weight is 212 g/mol. The SMILES string of the molecule is CCCOOP(=O)(O)OCC(C)C. The van der Waals surface area contributed by atoms with Crippen molar-refractivity contribution < 1.29 is 23.5 Å². The minimum Gasteiger partial charge on any atom is -0.301 e. The van der Waals surface area contributed by atoms with Crippen molar-refractivity contribution in [2.24, 2.45) is 5.92 Å². The Morgan fingerprint density at radius 1 is 1.46 bits per heavy atom. The van der Waals surface area contributed by atoms with Gasteiger partial charge in [-0.3, -0.25) is 4.52 Å². The van der Waals surface area contributed by atoms with Crippen molar-refractivity contribution in [3.8, 4) is 0 Å². The minimum absolute atomic E-state index is 0.170. The third kappa shape index (κ3) is 8.40. The Balaban J connectivity index is 3.61. The lowest BCUT2D eigenvalue weighted by atomic mass is 10.2. The second-order valence-electron chi connectivity index (χ2n) is 3.05. The Bertz CT molecular complexity index is 170. The quantitative estimate of drug-likeness (QED) is 0.303. The van der Waals surface area contributed by atoms with Gasteiger partial charge in [0.25, 0.3) is 0 Å². The second-order valence-corrected chi connectivity index (χ2v) is 4.40. The Morgan fingerprint density at radius 2 is 2.08 bits per heavy atom. The molecule has 1 unspecified atom stereocenters. The molecule has 0 aromatic heterocycles. The number of rotatable bonds is 7. The predicted molar refractivity (Wildman–Crippen MR) is 47.9 cm³/mol. The molecule has 0 saturated carbocycles. The van der Waals surface area contributed by atoms with E-state index < -0.39 is 7.82 Å². The van der Waals surface area contributed by atoms with Crippen molar-refractivity contribution in [2.45, 2.75) is 27.2 Å². The lowest BCUT2D eigenvalue weighted by molar-refractivity contribution is -0.224. The van der Waals surface area contributed by atoms with Crippen LogP contribution in [0, 0.1) is 5.92 Å². The summed E-state index contributed by atoms with van der Waals surface area (Å²) in [5.41, 5.74) is 0. The summed E-state index contributed by atoms with van der Waals surface area (Å²) in [6, 6.07) is 0. The summed E-state index contributed by atoms with van der Waals surface area (Å²) in [5, 5.41) is 0. The van der Waals surface area contributed by atoms with Crippen LogP contribution in [0.1, 0.15) is 27.2 Å². The molecule has 0 amide bonds. The van der Waals surface area contributed by atoms with Crippen molar-refractivity contribution in [3.63, 3.8) is 0 Å². The molecule has 0 aromatic carbocycles. The van der Waals surface area contributed by atoms with Crippen molar-refractivity contribution in [2.75, 3.05) is 13.2 Å². The highest BCUT2D eigenvalue weighted by atomic mass is 31.2. The molecule has 0 rings (SSSR count). The lowest BCUT2D eigenvalue weighted by Gasteiger charge is -2.11. The van der Waals surface area contributed by atoms with Gasteiger partial charge in [-0.25, -0.2) is 9.45 Å². The second kappa shape index (κ2) is 6.51. The molecule has 0 aliphatic rings. The zero-order chi connectivity index (χ0) is 10.3. The van der Waals surface area contributed by atoms with Crippen LogP contribution >= 0.6 is 7.82 Å². The number of hydrogen-bond acceptors (Lipinski definition) is 4. The highest BCUT2D eigenvalue weighted by Gasteiger charge is 2.22. The summed E-state index contributed by atoms with van der Waals surface area (Å²) in [6.45, 7) is 6.04. The van der Waals surface area contributed by atoms with Crippen molar-refractivity contribution in [3.05, 3.63) is 0 Å². The molecule has 13 heavy (non-hydrogen) atoms. The van der Waals surface area contributed by atoms with E-state index in [1.54, 1.807) is 0 Å².